The first-order chi connectivity index (χ1) is 11.5. The average molecular weight is 335 g/mol. The second-order valence-corrected chi connectivity index (χ2v) is 6.08. The summed E-state index contributed by atoms with van der Waals surface area (Å²) < 4.78 is 43.9. The molecular weight excluding hydrogens is 315 g/mol. The molecule has 2 unspecified atom stereocenters. The molecule has 2 atom stereocenters. The number of hydrogen-bond acceptors (Lipinski definition) is 2. The molecule has 1 aliphatic heterocycles. The zero-order valence-corrected chi connectivity index (χ0v) is 13.2. The van der Waals surface area contributed by atoms with Gasteiger partial charge in [0.1, 0.15) is 0 Å². The van der Waals surface area contributed by atoms with Crippen LogP contribution in [-0.4, -0.2) is 19.2 Å². The highest BCUT2D eigenvalue weighted by Gasteiger charge is 2.30. The van der Waals surface area contributed by atoms with Crippen molar-refractivity contribution in [2.75, 3.05) is 13.2 Å². The van der Waals surface area contributed by atoms with Crippen LogP contribution in [0.25, 0.3) is 0 Å². The molecule has 0 amide bonds. The van der Waals surface area contributed by atoms with E-state index in [2.05, 4.69) is 17.4 Å². The van der Waals surface area contributed by atoms with E-state index in [0.717, 1.165) is 25.1 Å². The lowest BCUT2D eigenvalue weighted by Crippen LogP contribution is -2.31. The molecule has 0 radical (unpaired) electrons. The summed E-state index contributed by atoms with van der Waals surface area (Å²) >= 11 is 0. The van der Waals surface area contributed by atoms with Gasteiger partial charge < -0.3 is 10.1 Å². The van der Waals surface area contributed by atoms with Gasteiger partial charge in [0.2, 0.25) is 0 Å². The first-order valence-electron chi connectivity index (χ1n) is 8.06. The summed E-state index contributed by atoms with van der Waals surface area (Å²) in [5.41, 5.74) is 1.18. The Morgan fingerprint density at radius 1 is 1.04 bits per heavy atom. The molecular formula is C19H20F3NO. The van der Waals surface area contributed by atoms with Crippen molar-refractivity contribution in [2.24, 2.45) is 0 Å². The number of nitrogens with one attached hydrogen (secondary N) is 1. The maximum Gasteiger partial charge on any atom is 0.416 e. The number of benzene rings is 2. The van der Waals surface area contributed by atoms with Gasteiger partial charge in [0.25, 0.3) is 0 Å². The minimum Gasteiger partial charge on any atom is -0.375 e. The summed E-state index contributed by atoms with van der Waals surface area (Å²) in [6, 6.07) is 15.7. The molecule has 1 fully saturated rings. The second kappa shape index (κ2) is 7.36. The van der Waals surface area contributed by atoms with Gasteiger partial charge in [0.15, 0.2) is 0 Å². The zero-order valence-electron chi connectivity index (χ0n) is 13.2. The number of rotatable bonds is 5. The van der Waals surface area contributed by atoms with E-state index in [1.165, 1.54) is 11.6 Å². The predicted molar refractivity (Wildman–Crippen MR) is 86.7 cm³/mol. The molecule has 0 bridgehead atoms. The van der Waals surface area contributed by atoms with Gasteiger partial charge in [-0.2, -0.15) is 13.2 Å². The molecule has 1 heterocycles. The van der Waals surface area contributed by atoms with Gasteiger partial charge in [-0.1, -0.05) is 42.5 Å². The normalized spacial score (nSPS) is 21.1. The third-order valence-corrected chi connectivity index (χ3v) is 4.40. The fourth-order valence-electron chi connectivity index (χ4n) is 3.18. The standard InChI is InChI=1S/C19H20F3NO/c20-19(21,22)16-8-4-5-14(11-16)12-24-13-18-17(9-10-23-18)15-6-2-1-3-7-15/h1-8,11,17-18,23H,9-10,12-13H2. The first kappa shape index (κ1) is 17.0. The molecule has 2 aromatic rings. The maximum absolute atomic E-state index is 12.7. The van der Waals surface area contributed by atoms with Gasteiger partial charge in [-0.25, -0.2) is 0 Å². The molecule has 128 valence electrons. The first-order valence-corrected chi connectivity index (χ1v) is 8.06. The molecule has 2 aromatic carbocycles. The average Bonchev–Trinajstić information content (AvgIpc) is 3.04. The Morgan fingerprint density at radius 2 is 1.83 bits per heavy atom. The van der Waals surface area contributed by atoms with Crippen LogP contribution in [0.5, 0.6) is 0 Å². The number of hydrogen-bond donors (Lipinski definition) is 1. The summed E-state index contributed by atoms with van der Waals surface area (Å²) in [7, 11) is 0. The molecule has 0 spiro atoms. The van der Waals surface area contributed by atoms with Gasteiger partial charge >= 0.3 is 6.18 Å². The summed E-state index contributed by atoms with van der Waals surface area (Å²) in [6.45, 7) is 1.59. The molecule has 0 saturated carbocycles. The molecule has 0 aliphatic carbocycles. The van der Waals surface area contributed by atoms with Crippen LogP contribution in [-0.2, 0) is 17.5 Å². The van der Waals surface area contributed by atoms with Gasteiger partial charge in [0, 0.05) is 12.0 Å². The van der Waals surface area contributed by atoms with Crippen LogP contribution in [0.2, 0.25) is 0 Å². The highest BCUT2D eigenvalue weighted by molar-refractivity contribution is 5.25. The molecule has 24 heavy (non-hydrogen) atoms. The minimum absolute atomic E-state index is 0.184. The number of ether oxygens (including phenoxy) is 1. The largest absolute Gasteiger partial charge is 0.416 e. The van der Waals surface area contributed by atoms with Crippen molar-refractivity contribution < 1.29 is 17.9 Å². The van der Waals surface area contributed by atoms with E-state index in [0.29, 0.717) is 18.1 Å². The van der Waals surface area contributed by atoms with Crippen molar-refractivity contribution in [3.8, 4) is 0 Å². The van der Waals surface area contributed by atoms with Crippen LogP contribution in [0.4, 0.5) is 13.2 Å². The molecule has 3 rings (SSSR count). The van der Waals surface area contributed by atoms with Crippen molar-refractivity contribution in [3.63, 3.8) is 0 Å². The number of halogens is 3. The van der Waals surface area contributed by atoms with Crippen LogP contribution in [0.3, 0.4) is 0 Å². The Morgan fingerprint density at radius 3 is 2.58 bits per heavy atom. The molecule has 5 heteroatoms. The highest BCUT2D eigenvalue weighted by Crippen LogP contribution is 2.30. The van der Waals surface area contributed by atoms with Crippen LogP contribution in [0.15, 0.2) is 54.6 Å². The Labute approximate surface area is 139 Å². The third kappa shape index (κ3) is 4.16. The SMILES string of the molecule is FC(F)(F)c1cccc(COCC2NCCC2c2ccccc2)c1. The van der Waals surface area contributed by atoms with Crippen LogP contribution in [0.1, 0.15) is 29.0 Å². The summed E-state index contributed by atoms with van der Waals surface area (Å²) in [4.78, 5) is 0. The smallest absolute Gasteiger partial charge is 0.375 e. The molecule has 1 aliphatic rings. The fourth-order valence-corrected chi connectivity index (χ4v) is 3.18. The van der Waals surface area contributed by atoms with E-state index in [1.54, 1.807) is 6.07 Å². The van der Waals surface area contributed by atoms with Gasteiger partial charge in [-0.15, -0.1) is 0 Å². The number of alkyl halides is 3. The highest BCUT2D eigenvalue weighted by atomic mass is 19.4. The van der Waals surface area contributed by atoms with Crippen molar-refractivity contribution in [2.45, 2.75) is 31.2 Å². The van der Waals surface area contributed by atoms with Crippen molar-refractivity contribution in [1.29, 1.82) is 0 Å². The van der Waals surface area contributed by atoms with Gasteiger partial charge in [0.05, 0.1) is 18.8 Å². The summed E-state index contributed by atoms with van der Waals surface area (Å²) in [5, 5.41) is 3.42. The minimum atomic E-state index is -4.32. The van der Waals surface area contributed by atoms with Crippen molar-refractivity contribution in [1.82, 2.24) is 5.32 Å². The molecule has 0 aromatic heterocycles. The van der Waals surface area contributed by atoms with Gasteiger partial charge in [-0.3, -0.25) is 0 Å². The zero-order chi connectivity index (χ0) is 17.0. The second-order valence-electron chi connectivity index (χ2n) is 6.08. The van der Waals surface area contributed by atoms with Crippen molar-refractivity contribution >= 4 is 0 Å². The van der Waals surface area contributed by atoms with Crippen LogP contribution < -0.4 is 5.32 Å². The lowest BCUT2D eigenvalue weighted by Gasteiger charge is -2.20. The van der Waals surface area contributed by atoms with E-state index < -0.39 is 11.7 Å². The monoisotopic (exact) mass is 335 g/mol. The quantitative estimate of drug-likeness (QED) is 0.876. The van der Waals surface area contributed by atoms with Crippen LogP contribution in [0, 0.1) is 0 Å². The van der Waals surface area contributed by atoms with E-state index in [4.69, 9.17) is 4.74 Å². The summed E-state index contributed by atoms with van der Waals surface area (Å²) in [6.07, 6.45) is -3.27. The fraction of sp³-hybridized carbons (Fsp3) is 0.368. The lowest BCUT2D eigenvalue weighted by molar-refractivity contribution is -0.137. The Hall–Kier alpha value is -1.85. The molecule has 1 saturated heterocycles. The summed E-state index contributed by atoms with van der Waals surface area (Å²) in [5.74, 6) is 0.382. The topological polar surface area (TPSA) is 21.3 Å². The van der Waals surface area contributed by atoms with E-state index in [9.17, 15) is 13.2 Å². The molecule has 2 nitrogen and oxygen atoms in total. The van der Waals surface area contributed by atoms with Gasteiger partial charge in [-0.05, 0) is 36.2 Å². The van der Waals surface area contributed by atoms with E-state index >= 15 is 0 Å². The van der Waals surface area contributed by atoms with E-state index in [1.807, 2.05) is 18.2 Å². The van der Waals surface area contributed by atoms with Crippen LogP contribution >= 0.6 is 0 Å². The lowest BCUT2D eigenvalue weighted by atomic mass is 9.92. The van der Waals surface area contributed by atoms with E-state index in [-0.39, 0.29) is 12.6 Å². The molecule has 1 N–H and O–H groups in total. The van der Waals surface area contributed by atoms with Crippen molar-refractivity contribution in [3.05, 3.63) is 71.3 Å². The third-order valence-electron chi connectivity index (χ3n) is 4.40. The predicted octanol–water partition coefficient (Wildman–Crippen LogP) is 4.37. The Bertz CT molecular complexity index is 657. The maximum atomic E-state index is 12.7. The Balaban J connectivity index is 1.56. The Kier molecular flexibility index (Phi) is 5.21.